The molecule has 1 saturated carbocycles. The van der Waals surface area contributed by atoms with Crippen molar-refractivity contribution in [2.24, 2.45) is 5.92 Å². The first-order valence-corrected chi connectivity index (χ1v) is 8.30. The highest BCUT2D eigenvalue weighted by atomic mass is 32.2. The van der Waals surface area contributed by atoms with E-state index in [1.54, 1.807) is 7.05 Å². The van der Waals surface area contributed by atoms with Crippen LogP contribution in [-0.2, 0) is 10.0 Å². The van der Waals surface area contributed by atoms with Gasteiger partial charge in [0.25, 0.3) is 5.69 Å². The van der Waals surface area contributed by atoms with E-state index in [-0.39, 0.29) is 10.9 Å². The van der Waals surface area contributed by atoms with Gasteiger partial charge in [-0.05, 0) is 37.3 Å². The first kappa shape index (κ1) is 15.7. The number of sulfonamides is 1. The third-order valence-corrected chi connectivity index (χ3v) is 5.32. The maximum Gasteiger partial charge on any atom is 0.291 e. The van der Waals surface area contributed by atoms with Gasteiger partial charge in [0.05, 0.1) is 4.92 Å². The molecule has 1 aromatic rings. The molecule has 7 nitrogen and oxygen atoms in total. The number of nitrogens with zero attached hydrogens (tertiary/aromatic N) is 1. The number of nitrogens with one attached hydrogen (secondary N) is 2. The fourth-order valence-corrected chi connectivity index (χ4v) is 4.08. The average Bonchev–Trinajstić information content (AvgIpc) is 2.82. The van der Waals surface area contributed by atoms with Crippen LogP contribution in [0.1, 0.15) is 26.2 Å². The van der Waals surface area contributed by atoms with Gasteiger partial charge in [-0.3, -0.25) is 10.1 Å². The Bertz CT molecular complexity index is 645. The SMILES string of the molecule is CNc1ccc(S(=O)(=O)NC2CCC(C)C2)c([N+](=O)[O-])c1. The van der Waals surface area contributed by atoms with E-state index in [4.69, 9.17) is 0 Å². The highest BCUT2D eigenvalue weighted by molar-refractivity contribution is 7.89. The van der Waals surface area contributed by atoms with E-state index < -0.39 is 20.6 Å². The smallest absolute Gasteiger partial charge is 0.291 e. The Morgan fingerprint density at radius 3 is 2.57 bits per heavy atom. The van der Waals surface area contributed by atoms with E-state index in [1.807, 2.05) is 0 Å². The van der Waals surface area contributed by atoms with Gasteiger partial charge in [0.1, 0.15) is 0 Å². The summed E-state index contributed by atoms with van der Waals surface area (Å²) in [4.78, 5) is 10.2. The lowest BCUT2D eigenvalue weighted by Gasteiger charge is -2.13. The zero-order valence-electron chi connectivity index (χ0n) is 12.0. The summed E-state index contributed by atoms with van der Waals surface area (Å²) in [5.41, 5.74) is 0.0792. The monoisotopic (exact) mass is 313 g/mol. The van der Waals surface area contributed by atoms with E-state index in [2.05, 4.69) is 17.0 Å². The van der Waals surface area contributed by atoms with Crippen molar-refractivity contribution in [3.63, 3.8) is 0 Å². The molecule has 0 bridgehead atoms. The van der Waals surface area contributed by atoms with E-state index in [0.717, 1.165) is 19.3 Å². The van der Waals surface area contributed by atoms with E-state index in [1.165, 1.54) is 18.2 Å². The highest BCUT2D eigenvalue weighted by Gasteiger charge is 2.31. The van der Waals surface area contributed by atoms with Crippen molar-refractivity contribution in [1.82, 2.24) is 4.72 Å². The number of rotatable bonds is 5. The molecule has 2 unspecified atom stereocenters. The van der Waals surface area contributed by atoms with E-state index >= 15 is 0 Å². The summed E-state index contributed by atoms with van der Waals surface area (Å²) in [6.07, 6.45) is 2.50. The zero-order chi connectivity index (χ0) is 15.6. The molecule has 2 rings (SSSR count). The number of hydrogen-bond acceptors (Lipinski definition) is 5. The molecule has 8 heteroatoms. The molecule has 1 aliphatic rings. The fraction of sp³-hybridized carbons (Fsp3) is 0.538. The molecular weight excluding hydrogens is 294 g/mol. The molecule has 0 aromatic heterocycles. The number of benzene rings is 1. The van der Waals surface area contributed by atoms with Gasteiger partial charge in [-0.2, -0.15) is 0 Å². The number of nitro benzene ring substituents is 1. The summed E-state index contributed by atoms with van der Waals surface area (Å²) >= 11 is 0. The standard InChI is InChI=1S/C13H19N3O4S/c1-9-3-4-11(7-9)15-21(19,20)13-6-5-10(14-2)8-12(13)16(17)18/h5-6,8-9,11,14-15H,3-4,7H2,1-2H3. The molecule has 2 N–H and O–H groups in total. The van der Waals surface area contributed by atoms with Gasteiger partial charge in [-0.1, -0.05) is 6.92 Å². The van der Waals surface area contributed by atoms with Crippen LogP contribution < -0.4 is 10.0 Å². The summed E-state index contributed by atoms with van der Waals surface area (Å²) in [6, 6.07) is 3.86. The van der Waals surface area contributed by atoms with Crippen LogP contribution in [0.3, 0.4) is 0 Å². The summed E-state index contributed by atoms with van der Waals surface area (Å²) in [6.45, 7) is 2.07. The van der Waals surface area contributed by atoms with Gasteiger partial charge < -0.3 is 5.32 Å². The normalized spacial score (nSPS) is 22.2. The van der Waals surface area contributed by atoms with Crippen LogP contribution in [0.5, 0.6) is 0 Å². The molecule has 0 spiro atoms. The molecule has 0 aliphatic heterocycles. The summed E-state index contributed by atoms with van der Waals surface area (Å²) in [5.74, 6) is 0.472. The number of nitro groups is 1. The maximum atomic E-state index is 12.4. The van der Waals surface area contributed by atoms with Crippen molar-refractivity contribution in [1.29, 1.82) is 0 Å². The van der Waals surface area contributed by atoms with Gasteiger partial charge in [-0.25, -0.2) is 13.1 Å². The highest BCUT2D eigenvalue weighted by Crippen LogP contribution is 2.30. The third kappa shape index (κ3) is 3.51. The second-order valence-electron chi connectivity index (χ2n) is 5.43. The largest absolute Gasteiger partial charge is 0.388 e. The Morgan fingerprint density at radius 2 is 2.05 bits per heavy atom. The van der Waals surface area contributed by atoms with Crippen molar-refractivity contribution in [2.45, 2.75) is 37.1 Å². The maximum absolute atomic E-state index is 12.4. The number of hydrogen-bond donors (Lipinski definition) is 2. The van der Waals surface area contributed by atoms with Gasteiger partial charge in [0.2, 0.25) is 10.0 Å². The molecule has 0 amide bonds. The van der Waals surface area contributed by atoms with Crippen LogP contribution in [0, 0.1) is 16.0 Å². The molecular formula is C13H19N3O4S. The zero-order valence-corrected chi connectivity index (χ0v) is 12.8. The lowest BCUT2D eigenvalue weighted by Crippen LogP contribution is -2.33. The molecule has 2 atom stereocenters. The van der Waals surface area contributed by atoms with Crippen molar-refractivity contribution in [2.75, 3.05) is 12.4 Å². The third-order valence-electron chi connectivity index (χ3n) is 3.75. The first-order valence-electron chi connectivity index (χ1n) is 6.82. The average molecular weight is 313 g/mol. The van der Waals surface area contributed by atoms with Crippen LogP contribution in [0.4, 0.5) is 11.4 Å². The van der Waals surface area contributed by atoms with Crippen molar-refractivity contribution >= 4 is 21.4 Å². The summed E-state index contributed by atoms with van der Waals surface area (Å²) in [7, 11) is -2.27. The van der Waals surface area contributed by atoms with Crippen LogP contribution in [0.25, 0.3) is 0 Å². The second kappa shape index (κ2) is 5.98. The Hall–Kier alpha value is -1.67. The molecule has 1 aliphatic carbocycles. The predicted molar refractivity (Wildman–Crippen MR) is 79.8 cm³/mol. The van der Waals surface area contributed by atoms with Crippen LogP contribution in [-0.4, -0.2) is 26.4 Å². The van der Waals surface area contributed by atoms with Crippen molar-refractivity contribution in [3.05, 3.63) is 28.3 Å². The van der Waals surface area contributed by atoms with Gasteiger partial charge >= 0.3 is 0 Å². The minimum absolute atomic E-state index is 0.145. The molecule has 116 valence electrons. The lowest BCUT2D eigenvalue weighted by molar-refractivity contribution is -0.387. The van der Waals surface area contributed by atoms with Crippen molar-refractivity contribution < 1.29 is 13.3 Å². The Labute approximate surface area is 123 Å². The van der Waals surface area contributed by atoms with Crippen LogP contribution in [0.15, 0.2) is 23.1 Å². The molecule has 0 heterocycles. The molecule has 0 radical (unpaired) electrons. The Balaban J connectivity index is 2.33. The molecule has 0 saturated heterocycles. The van der Waals surface area contributed by atoms with Gasteiger partial charge in [0, 0.05) is 24.8 Å². The van der Waals surface area contributed by atoms with E-state index in [0.29, 0.717) is 11.6 Å². The Morgan fingerprint density at radius 1 is 1.33 bits per heavy atom. The van der Waals surface area contributed by atoms with E-state index in [9.17, 15) is 18.5 Å². The summed E-state index contributed by atoms with van der Waals surface area (Å²) < 4.78 is 27.3. The fourth-order valence-electron chi connectivity index (χ4n) is 2.64. The van der Waals surface area contributed by atoms with Crippen LogP contribution >= 0.6 is 0 Å². The topological polar surface area (TPSA) is 101 Å². The number of anilines is 1. The molecule has 1 fully saturated rings. The molecule has 1 aromatic carbocycles. The van der Waals surface area contributed by atoms with Gasteiger partial charge in [-0.15, -0.1) is 0 Å². The molecule has 21 heavy (non-hydrogen) atoms. The minimum atomic E-state index is -3.89. The second-order valence-corrected chi connectivity index (χ2v) is 7.11. The van der Waals surface area contributed by atoms with Gasteiger partial charge in [0.15, 0.2) is 4.90 Å². The predicted octanol–water partition coefficient (Wildman–Crippen LogP) is 2.10. The minimum Gasteiger partial charge on any atom is -0.388 e. The lowest BCUT2D eigenvalue weighted by atomic mass is 10.1. The van der Waals surface area contributed by atoms with Crippen molar-refractivity contribution in [3.8, 4) is 0 Å². The van der Waals surface area contributed by atoms with Crippen LogP contribution in [0.2, 0.25) is 0 Å². The quantitative estimate of drug-likeness (QED) is 0.640. The Kier molecular flexibility index (Phi) is 4.48. The first-order chi connectivity index (χ1) is 9.83. The summed E-state index contributed by atoms with van der Waals surface area (Å²) in [5, 5.41) is 13.9.